The summed E-state index contributed by atoms with van der Waals surface area (Å²) in [7, 11) is -5.49. The molecular formula is C9H19NO6S2. The molecule has 0 aromatic heterocycles. The van der Waals surface area contributed by atoms with Crippen LogP contribution < -0.4 is 0 Å². The lowest BCUT2D eigenvalue weighted by Crippen LogP contribution is -2.42. The maximum absolute atomic E-state index is 12.2. The van der Waals surface area contributed by atoms with Gasteiger partial charge in [0.25, 0.3) is 0 Å². The Morgan fingerprint density at radius 1 is 1.39 bits per heavy atom. The fraction of sp³-hybridized carbons (Fsp3) is 1.00. The molecule has 1 unspecified atom stereocenters. The number of aliphatic hydroxyl groups is 1. The van der Waals surface area contributed by atoms with Gasteiger partial charge in [-0.2, -0.15) is 4.31 Å². The number of sulfone groups is 1. The van der Waals surface area contributed by atoms with E-state index in [0.29, 0.717) is 0 Å². The van der Waals surface area contributed by atoms with Crippen LogP contribution in [-0.4, -0.2) is 76.4 Å². The van der Waals surface area contributed by atoms with Gasteiger partial charge in [0.05, 0.1) is 30.0 Å². The van der Waals surface area contributed by atoms with Gasteiger partial charge in [0.15, 0.2) is 9.84 Å². The van der Waals surface area contributed by atoms with E-state index in [4.69, 9.17) is 9.84 Å². The molecule has 0 saturated carbocycles. The number of hydrogen-bond acceptors (Lipinski definition) is 6. The zero-order valence-corrected chi connectivity index (χ0v) is 11.9. The van der Waals surface area contributed by atoms with Crippen molar-refractivity contribution in [2.45, 2.75) is 11.7 Å². The molecule has 1 saturated heterocycles. The predicted molar refractivity (Wildman–Crippen MR) is 66.5 cm³/mol. The molecule has 1 heterocycles. The van der Waals surface area contributed by atoms with E-state index in [1.807, 2.05) is 0 Å². The van der Waals surface area contributed by atoms with Crippen LogP contribution in [0.1, 0.15) is 6.42 Å². The molecule has 1 N–H and O–H groups in total. The summed E-state index contributed by atoms with van der Waals surface area (Å²) in [5.74, 6) is -0.418. The zero-order chi connectivity index (χ0) is 13.8. The van der Waals surface area contributed by atoms with Crippen LogP contribution in [-0.2, 0) is 24.6 Å². The smallest absolute Gasteiger partial charge is 0.218 e. The monoisotopic (exact) mass is 301 g/mol. The molecule has 9 heteroatoms. The minimum Gasteiger partial charge on any atom is -0.395 e. The van der Waals surface area contributed by atoms with Gasteiger partial charge in [0, 0.05) is 20.2 Å². The predicted octanol–water partition coefficient (Wildman–Crippen LogP) is -1.56. The summed E-state index contributed by atoms with van der Waals surface area (Å²) in [6, 6.07) is 0. The summed E-state index contributed by atoms with van der Waals surface area (Å²) < 4.78 is 53.0. The van der Waals surface area contributed by atoms with Crippen LogP contribution >= 0.6 is 0 Å². The summed E-state index contributed by atoms with van der Waals surface area (Å²) in [6.07, 6.45) is 0.125. The third kappa shape index (κ3) is 3.89. The van der Waals surface area contributed by atoms with Gasteiger partial charge in [-0.3, -0.25) is 0 Å². The van der Waals surface area contributed by atoms with Crippen LogP contribution in [0.4, 0.5) is 0 Å². The minimum atomic E-state index is -3.69. The van der Waals surface area contributed by atoms with Crippen molar-refractivity contribution in [2.24, 2.45) is 0 Å². The molecule has 0 radical (unpaired) electrons. The molecule has 0 aromatic rings. The lowest BCUT2D eigenvalue weighted by atomic mass is 10.4. The van der Waals surface area contributed by atoms with Crippen LogP contribution in [0.3, 0.4) is 0 Å². The first kappa shape index (κ1) is 15.8. The molecule has 7 nitrogen and oxygen atoms in total. The highest BCUT2D eigenvalue weighted by Gasteiger charge is 2.40. The van der Waals surface area contributed by atoms with E-state index in [2.05, 4.69) is 0 Å². The van der Waals surface area contributed by atoms with Crippen molar-refractivity contribution in [3.63, 3.8) is 0 Å². The van der Waals surface area contributed by atoms with Crippen LogP contribution in [0.5, 0.6) is 0 Å². The molecule has 18 heavy (non-hydrogen) atoms. The first-order valence-corrected chi connectivity index (χ1v) is 8.95. The third-order valence-corrected chi connectivity index (χ3v) is 7.17. The summed E-state index contributed by atoms with van der Waals surface area (Å²) in [4.78, 5) is 0. The Bertz CT molecular complexity index is 457. The minimum absolute atomic E-state index is 0.0394. The summed E-state index contributed by atoms with van der Waals surface area (Å²) in [5, 5.41) is 7.98. The van der Waals surface area contributed by atoms with Crippen LogP contribution in [0.25, 0.3) is 0 Å². The Morgan fingerprint density at radius 3 is 2.50 bits per heavy atom. The average molecular weight is 301 g/mol. The second-order valence-electron chi connectivity index (χ2n) is 4.19. The van der Waals surface area contributed by atoms with Gasteiger partial charge >= 0.3 is 0 Å². The Balaban J connectivity index is 2.81. The molecule has 1 aliphatic heterocycles. The van der Waals surface area contributed by atoms with Crippen molar-refractivity contribution in [3.05, 3.63) is 0 Å². The highest BCUT2D eigenvalue weighted by molar-refractivity contribution is 7.95. The first-order chi connectivity index (χ1) is 8.33. The number of rotatable bonds is 7. The van der Waals surface area contributed by atoms with Gasteiger partial charge in [-0.25, -0.2) is 16.8 Å². The van der Waals surface area contributed by atoms with E-state index < -0.39 is 25.1 Å². The molecule has 0 amide bonds. The molecule has 0 aromatic carbocycles. The SMILES string of the molecule is COCCN(CCO)S(=O)(=O)C1CCS(=O)(=O)C1. The van der Waals surface area contributed by atoms with Crippen LogP contribution in [0.15, 0.2) is 0 Å². The van der Waals surface area contributed by atoms with Gasteiger partial charge < -0.3 is 9.84 Å². The van der Waals surface area contributed by atoms with Crippen LogP contribution in [0, 0.1) is 0 Å². The van der Waals surface area contributed by atoms with Crippen molar-refractivity contribution in [1.29, 1.82) is 0 Å². The summed E-state index contributed by atoms with van der Waals surface area (Å²) in [5.41, 5.74) is 0. The molecule has 1 atom stereocenters. The second-order valence-corrected chi connectivity index (χ2v) is 8.63. The first-order valence-electron chi connectivity index (χ1n) is 5.62. The van der Waals surface area contributed by atoms with Crippen molar-refractivity contribution in [3.8, 4) is 0 Å². The number of aliphatic hydroxyl groups excluding tert-OH is 1. The van der Waals surface area contributed by atoms with E-state index >= 15 is 0 Å². The van der Waals surface area contributed by atoms with Gasteiger partial charge in [-0.05, 0) is 6.42 Å². The van der Waals surface area contributed by atoms with Gasteiger partial charge in [0.1, 0.15) is 0 Å². The van der Waals surface area contributed by atoms with Gasteiger partial charge in [0.2, 0.25) is 10.0 Å². The Morgan fingerprint density at radius 2 is 2.06 bits per heavy atom. The molecule has 1 fully saturated rings. The van der Waals surface area contributed by atoms with Crippen molar-refractivity contribution in [1.82, 2.24) is 4.31 Å². The van der Waals surface area contributed by atoms with Crippen molar-refractivity contribution >= 4 is 19.9 Å². The van der Waals surface area contributed by atoms with Crippen LogP contribution in [0.2, 0.25) is 0 Å². The lowest BCUT2D eigenvalue weighted by molar-refractivity contribution is 0.168. The molecular weight excluding hydrogens is 282 g/mol. The topological polar surface area (TPSA) is 101 Å². The van der Waals surface area contributed by atoms with E-state index in [0.717, 1.165) is 4.31 Å². The van der Waals surface area contributed by atoms with Gasteiger partial charge in [-0.1, -0.05) is 0 Å². The maximum atomic E-state index is 12.2. The number of sulfonamides is 1. The highest BCUT2D eigenvalue weighted by Crippen LogP contribution is 2.21. The molecule has 1 aliphatic rings. The van der Waals surface area contributed by atoms with E-state index in [9.17, 15) is 16.8 Å². The van der Waals surface area contributed by atoms with E-state index in [1.165, 1.54) is 7.11 Å². The number of nitrogens with zero attached hydrogens (tertiary/aromatic N) is 1. The summed E-state index contributed by atoms with van der Waals surface area (Å²) in [6.45, 7) is -0.0146. The standard InChI is InChI=1S/C9H19NO6S2/c1-16-6-4-10(3-5-11)18(14,15)9-2-7-17(12,13)8-9/h9,11H,2-8H2,1H3. The molecule has 0 aliphatic carbocycles. The average Bonchev–Trinajstić information content (AvgIpc) is 2.65. The number of methoxy groups -OCH3 is 1. The second kappa shape index (κ2) is 6.29. The number of hydrogen-bond donors (Lipinski definition) is 1. The van der Waals surface area contributed by atoms with Crippen molar-refractivity contribution < 1.29 is 26.7 Å². The third-order valence-electron chi connectivity index (χ3n) is 2.87. The quantitative estimate of drug-likeness (QED) is 0.610. The molecule has 0 bridgehead atoms. The fourth-order valence-electron chi connectivity index (χ4n) is 1.88. The molecule has 108 valence electrons. The lowest BCUT2D eigenvalue weighted by Gasteiger charge is -2.23. The fourth-order valence-corrected chi connectivity index (χ4v) is 6.38. The Kier molecular flexibility index (Phi) is 5.53. The normalized spacial score (nSPS) is 23.6. The molecule has 1 rings (SSSR count). The Labute approximate surface area is 108 Å². The van der Waals surface area contributed by atoms with E-state index in [1.54, 1.807) is 0 Å². The molecule has 0 spiro atoms. The highest BCUT2D eigenvalue weighted by atomic mass is 32.2. The summed E-state index contributed by atoms with van der Waals surface area (Å²) >= 11 is 0. The largest absolute Gasteiger partial charge is 0.395 e. The van der Waals surface area contributed by atoms with Gasteiger partial charge in [-0.15, -0.1) is 0 Å². The number of ether oxygens (including phenoxy) is 1. The maximum Gasteiger partial charge on any atom is 0.218 e. The zero-order valence-electron chi connectivity index (χ0n) is 10.3. The Hall–Kier alpha value is -0.220. The van der Waals surface area contributed by atoms with Crippen molar-refractivity contribution in [2.75, 3.05) is 44.9 Å². The van der Waals surface area contributed by atoms with E-state index in [-0.39, 0.29) is 44.2 Å².